The molecule has 0 aliphatic carbocycles. The molecule has 0 saturated heterocycles. The highest BCUT2D eigenvalue weighted by atomic mass is 32.2. The number of aryl methyl sites for hydroxylation is 1. The van der Waals surface area contributed by atoms with E-state index < -0.39 is 15.9 Å². The Bertz CT molecular complexity index is 1200. The number of carbonyl (C=O) groups is 1. The van der Waals surface area contributed by atoms with Crippen molar-refractivity contribution in [2.45, 2.75) is 20.5 Å². The maximum absolute atomic E-state index is 12.4. The van der Waals surface area contributed by atoms with E-state index in [1.165, 1.54) is 0 Å². The minimum absolute atomic E-state index is 0.260. The van der Waals surface area contributed by atoms with Crippen molar-refractivity contribution in [2.24, 2.45) is 0 Å². The fourth-order valence-corrected chi connectivity index (χ4v) is 4.12. The zero-order valence-corrected chi connectivity index (χ0v) is 20.5. The van der Waals surface area contributed by atoms with Crippen LogP contribution in [0.4, 0.5) is 5.69 Å². The molecule has 0 spiro atoms. The molecule has 0 bridgehead atoms. The van der Waals surface area contributed by atoms with Gasteiger partial charge in [0.1, 0.15) is 31.3 Å². The molecule has 7 nitrogen and oxygen atoms in total. The Balaban J connectivity index is 1.53. The monoisotopic (exact) mass is 482 g/mol. The van der Waals surface area contributed by atoms with Gasteiger partial charge in [-0.05, 0) is 60.9 Å². The van der Waals surface area contributed by atoms with Gasteiger partial charge in [-0.2, -0.15) is 0 Å². The third-order valence-electron chi connectivity index (χ3n) is 5.30. The van der Waals surface area contributed by atoms with Gasteiger partial charge in [0.2, 0.25) is 15.9 Å². The zero-order valence-electron chi connectivity index (χ0n) is 19.7. The summed E-state index contributed by atoms with van der Waals surface area (Å²) in [5.74, 6) is 0.954. The normalized spacial score (nSPS) is 11.0. The van der Waals surface area contributed by atoms with Gasteiger partial charge in [0.05, 0.1) is 18.5 Å². The number of hydrogen-bond donors (Lipinski definition) is 1. The fraction of sp³-hybridized carbons (Fsp3) is 0.269. The third kappa shape index (κ3) is 7.25. The lowest BCUT2D eigenvalue weighted by Gasteiger charge is -2.22. The summed E-state index contributed by atoms with van der Waals surface area (Å²) in [6.07, 6.45) is 1.07. The molecule has 1 amide bonds. The predicted octanol–water partition coefficient (Wildman–Crippen LogP) is 3.84. The highest BCUT2D eigenvalue weighted by Gasteiger charge is 2.20. The van der Waals surface area contributed by atoms with Gasteiger partial charge in [-0.15, -0.1) is 0 Å². The van der Waals surface area contributed by atoms with Crippen LogP contribution in [0.5, 0.6) is 11.5 Å². The van der Waals surface area contributed by atoms with E-state index in [2.05, 4.69) is 5.32 Å². The van der Waals surface area contributed by atoms with E-state index in [1.54, 1.807) is 24.3 Å². The molecule has 0 unspecified atom stereocenters. The van der Waals surface area contributed by atoms with Crippen LogP contribution in [0.3, 0.4) is 0 Å². The minimum Gasteiger partial charge on any atom is -0.491 e. The molecule has 3 aromatic rings. The molecule has 0 aliphatic rings. The van der Waals surface area contributed by atoms with E-state index in [0.717, 1.165) is 33.0 Å². The Morgan fingerprint density at radius 1 is 0.912 bits per heavy atom. The number of carbonyl (C=O) groups excluding carboxylic acids is 1. The summed E-state index contributed by atoms with van der Waals surface area (Å²) >= 11 is 0. The second kappa shape index (κ2) is 11.6. The first-order valence-electron chi connectivity index (χ1n) is 10.9. The molecular formula is C26H30N2O5S. The van der Waals surface area contributed by atoms with Crippen LogP contribution in [0, 0.1) is 13.8 Å². The number of sulfonamides is 1. The molecule has 0 aliphatic heterocycles. The van der Waals surface area contributed by atoms with Crippen LogP contribution in [-0.4, -0.2) is 40.3 Å². The Morgan fingerprint density at radius 2 is 1.62 bits per heavy atom. The van der Waals surface area contributed by atoms with Crippen molar-refractivity contribution in [3.05, 3.63) is 89.5 Å². The molecule has 0 fully saturated rings. The van der Waals surface area contributed by atoms with E-state index in [4.69, 9.17) is 9.47 Å². The summed E-state index contributed by atoms with van der Waals surface area (Å²) in [6, 6.07) is 22.2. The molecule has 0 saturated carbocycles. The van der Waals surface area contributed by atoms with Crippen molar-refractivity contribution < 1.29 is 22.7 Å². The molecule has 3 aromatic carbocycles. The summed E-state index contributed by atoms with van der Waals surface area (Å²) in [5.41, 5.74) is 3.59. The molecule has 34 heavy (non-hydrogen) atoms. The van der Waals surface area contributed by atoms with Crippen LogP contribution in [-0.2, 0) is 21.4 Å². The SMILES string of the molecule is Cc1cccc(OCCNC(=O)CN(c2ccc(OCc3ccccc3)cc2)S(C)(=O)=O)c1C. The number of anilines is 1. The lowest BCUT2D eigenvalue weighted by atomic mass is 10.1. The first-order chi connectivity index (χ1) is 16.2. The van der Waals surface area contributed by atoms with E-state index in [-0.39, 0.29) is 19.7 Å². The third-order valence-corrected chi connectivity index (χ3v) is 6.44. The number of amides is 1. The Labute approximate surface area is 201 Å². The molecular weight excluding hydrogens is 452 g/mol. The van der Waals surface area contributed by atoms with Crippen molar-refractivity contribution in [3.8, 4) is 11.5 Å². The predicted molar refractivity (Wildman–Crippen MR) is 134 cm³/mol. The second-order valence-electron chi connectivity index (χ2n) is 7.93. The number of rotatable bonds is 11. The van der Waals surface area contributed by atoms with Crippen molar-refractivity contribution in [1.82, 2.24) is 5.32 Å². The van der Waals surface area contributed by atoms with Crippen molar-refractivity contribution in [2.75, 3.05) is 30.3 Å². The smallest absolute Gasteiger partial charge is 0.240 e. The lowest BCUT2D eigenvalue weighted by Crippen LogP contribution is -2.41. The van der Waals surface area contributed by atoms with Gasteiger partial charge in [-0.3, -0.25) is 9.10 Å². The minimum atomic E-state index is -3.66. The quantitative estimate of drug-likeness (QED) is 0.420. The summed E-state index contributed by atoms with van der Waals surface area (Å²) in [5, 5.41) is 2.71. The topological polar surface area (TPSA) is 84.9 Å². The first-order valence-corrected chi connectivity index (χ1v) is 12.8. The number of nitrogens with one attached hydrogen (secondary N) is 1. The number of ether oxygens (including phenoxy) is 2. The summed E-state index contributed by atoms with van der Waals surface area (Å²) in [6.45, 7) is 4.60. The molecule has 8 heteroatoms. The standard InChI is InChI=1S/C26H30N2O5S/c1-20-8-7-11-25(21(20)2)32-17-16-27-26(29)18-28(34(3,30)31)23-12-14-24(15-13-23)33-19-22-9-5-4-6-10-22/h4-15H,16-19H2,1-3H3,(H,27,29). The Kier molecular flexibility index (Phi) is 8.54. The van der Waals surface area contributed by atoms with E-state index in [0.29, 0.717) is 18.0 Å². The largest absolute Gasteiger partial charge is 0.491 e. The summed E-state index contributed by atoms with van der Waals surface area (Å²) in [4.78, 5) is 12.4. The molecule has 0 aromatic heterocycles. The van der Waals surface area contributed by atoms with E-state index in [9.17, 15) is 13.2 Å². The van der Waals surface area contributed by atoms with Crippen molar-refractivity contribution in [3.63, 3.8) is 0 Å². The van der Waals surface area contributed by atoms with E-state index >= 15 is 0 Å². The molecule has 3 rings (SSSR count). The van der Waals surface area contributed by atoms with Gasteiger partial charge in [0.15, 0.2) is 0 Å². The zero-order chi connectivity index (χ0) is 24.6. The van der Waals surface area contributed by atoms with Crippen LogP contribution < -0.4 is 19.1 Å². The fourth-order valence-electron chi connectivity index (χ4n) is 3.27. The Hall–Kier alpha value is -3.52. The number of benzene rings is 3. The second-order valence-corrected chi connectivity index (χ2v) is 9.84. The van der Waals surface area contributed by atoms with Crippen LogP contribution in [0.25, 0.3) is 0 Å². The summed E-state index contributed by atoms with van der Waals surface area (Å²) in [7, 11) is -3.66. The number of nitrogens with zero attached hydrogens (tertiary/aromatic N) is 1. The van der Waals surface area contributed by atoms with Crippen LogP contribution in [0.15, 0.2) is 72.8 Å². The maximum Gasteiger partial charge on any atom is 0.240 e. The van der Waals surface area contributed by atoms with E-state index in [1.807, 2.05) is 62.4 Å². The van der Waals surface area contributed by atoms with Gasteiger partial charge >= 0.3 is 0 Å². The number of hydrogen-bond acceptors (Lipinski definition) is 5. The van der Waals surface area contributed by atoms with Gasteiger partial charge in [-0.25, -0.2) is 8.42 Å². The highest BCUT2D eigenvalue weighted by Crippen LogP contribution is 2.22. The molecule has 180 valence electrons. The molecule has 0 heterocycles. The maximum atomic E-state index is 12.4. The van der Waals surface area contributed by atoms with Crippen LogP contribution >= 0.6 is 0 Å². The molecule has 1 N–H and O–H groups in total. The average molecular weight is 483 g/mol. The molecule has 0 atom stereocenters. The van der Waals surface area contributed by atoms with Crippen LogP contribution in [0.1, 0.15) is 16.7 Å². The van der Waals surface area contributed by atoms with Gasteiger partial charge in [0, 0.05) is 0 Å². The van der Waals surface area contributed by atoms with Gasteiger partial charge in [-0.1, -0.05) is 42.5 Å². The van der Waals surface area contributed by atoms with Gasteiger partial charge < -0.3 is 14.8 Å². The average Bonchev–Trinajstić information content (AvgIpc) is 2.82. The van der Waals surface area contributed by atoms with Crippen molar-refractivity contribution in [1.29, 1.82) is 0 Å². The van der Waals surface area contributed by atoms with Gasteiger partial charge in [0.25, 0.3) is 0 Å². The Morgan fingerprint density at radius 3 is 2.29 bits per heavy atom. The summed E-state index contributed by atoms with van der Waals surface area (Å²) < 4.78 is 37.2. The lowest BCUT2D eigenvalue weighted by molar-refractivity contribution is -0.119. The highest BCUT2D eigenvalue weighted by molar-refractivity contribution is 7.92. The van der Waals surface area contributed by atoms with Crippen LogP contribution in [0.2, 0.25) is 0 Å². The van der Waals surface area contributed by atoms with Crippen molar-refractivity contribution >= 4 is 21.6 Å². The first kappa shape index (κ1) is 25.1. The molecule has 0 radical (unpaired) electrons.